The minimum absolute atomic E-state index is 0.0850. The molecule has 0 N–H and O–H groups in total. The van der Waals surface area contributed by atoms with Crippen LogP contribution in [0.1, 0.15) is 28.5 Å². The van der Waals surface area contributed by atoms with Gasteiger partial charge in [0.2, 0.25) is 0 Å². The van der Waals surface area contributed by atoms with Crippen LogP contribution in [0.4, 0.5) is 0 Å². The minimum Gasteiger partial charge on any atom is -0.466 e. The van der Waals surface area contributed by atoms with E-state index in [1.54, 1.807) is 19.1 Å². The van der Waals surface area contributed by atoms with E-state index in [2.05, 4.69) is 15.9 Å². The maximum atomic E-state index is 13.8. The van der Waals surface area contributed by atoms with Gasteiger partial charge in [0, 0.05) is 15.6 Å². The molecule has 1 saturated carbocycles. The molecule has 1 aromatic heterocycles. The van der Waals surface area contributed by atoms with Gasteiger partial charge in [-0.1, -0.05) is 64.5 Å². The molecule has 3 atom stereocenters. The molecule has 33 heavy (non-hydrogen) atoms. The molecule has 2 aliphatic rings. The first-order valence-corrected chi connectivity index (χ1v) is 11.7. The van der Waals surface area contributed by atoms with Crippen molar-refractivity contribution >= 4 is 38.7 Å². The Morgan fingerprint density at radius 3 is 2.30 bits per heavy atom. The van der Waals surface area contributed by atoms with Gasteiger partial charge < -0.3 is 4.74 Å². The summed E-state index contributed by atoms with van der Waals surface area (Å²) in [6, 6.07) is 22.8. The molecule has 0 unspecified atom stereocenters. The van der Waals surface area contributed by atoms with Crippen molar-refractivity contribution in [1.82, 2.24) is 9.97 Å². The summed E-state index contributed by atoms with van der Waals surface area (Å²) < 4.78 is 6.35. The van der Waals surface area contributed by atoms with Gasteiger partial charge in [-0.25, -0.2) is 9.97 Å². The number of carbonyl (C=O) groups is 2. The van der Waals surface area contributed by atoms with Gasteiger partial charge in [-0.3, -0.25) is 9.59 Å². The number of halogens is 1. The zero-order valence-corrected chi connectivity index (χ0v) is 19.4. The van der Waals surface area contributed by atoms with Crippen molar-refractivity contribution in [2.75, 3.05) is 6.61 Å². The average molecular weight is 499 g/mol. The second-order valence-corrected chi connectivity index (χ2v) is 9.32. The lowest BCUT2D eigenvalue weighted by Gasteiger charge is -2.14. The average Bonchev–Trinajstić information content (AvgIpc) is 3.46. The van der Waals surface area contributed by atoms with E-state index in [9.17, 15) is 9.59 Å². The lowest BCUT2D eigenvalue weighted by Crippen LogP contribution is -2.18. The molecule has 0 radical (unpaired) electrons. The normalized spacial score (nSPS) is 22.1. The number of esters is 1. The number of Topliss-reactive ketones (excluding diaryl/α,β-unsaturated/α-hetero) is 1. The number of fused-ring (bicyclic) bond motifs is 6. The zero-order chi connectivity index (χ0) is 22.7. The molecule has 4 aromatic rings. The Morgan fingerprint density at radius 2 is 1.58 bits per heavy atom. The van der Waals surface area contributed by atoms with Crippen molar-refractivity contribution in [2.24, 2.45) is 11.8 Å². The molecule has 6 heteroatoms. The fourth-order valence-corrected chi connectivity index (χ4v) is 5.64. The van der Waals surface area contributed by atoms with Crippen LogP contribution < -0.4 is 0 Å². The molecule has 162 valence electrons. The predicted molar refractivity (Wildman–Crippen MR) is 128 cm³/mol. The van der Waals surface area contributed by atoms with Gasteiger partial charge in [0.1, 0.15) is 0 Å². The van der Waals surface area contributed by atoms with Gasteiger partial charge in [0.05, 0.1) is 46.3 Å². The monoisotopic (exact) mass is 498 g/mol. The van der Waals surface area contributed by atoms with E-state index in [-0.39, 0.29) is 18.4 Å². The number of ketones is 1. The van der Waals surface area contributed by atoms with Crippen molar-refractivity contribution in [1.29, 1.82) is 0 Å². The molecule has 2 aliphatic carbocycles. The van der Waals surface area contributed by atoms with Crippen LogP contribution in [0.25, 0.3) is 22.3 Å². The fourth-order valence-electron chi connectivity index (χ4n) is 5.38. The molecule has 3 aromatic carbocycles. The number of hydrogen-bond acceptors (Lipinski definition) is 5. The zero-order valence-electron chi connectivity index (χ0n) is 17.8. The molecule has 0 aliphatic heterocycles. The van der Waals surface area contributed by atoms with Crippen LogP contribution in [0, 0.1) is 11.8 Å². The molecule has 0 saturated heterocycles. The standard InChI is InChI=1S/C27H19BrN2O3/c1-2-33-26(32)22-21(24(31)15-11-13-16(28)14-12-15)27(22)18-8-4-3-7-17(18)23-25(27)30-20-10-6-5-9-19(20)29-23/h3-14,21-22H,2H2,1H3/t21-,22-,27-/m0/s1. The Bertz CT molecular complexity index is 1450. The summed E-state index contributed by atoms with van der Waals surface area (Å²) in [6.07, 6.45) is 0. The highest BCUT2D eigenvalue weighted by Gasteiger charge is 2.77. The minimum atomic E-state index is -0.876. The van der Waals surface area contributed by atoms with Gasteiger partial charge >= 0.3 is 5.97 Å². The fraction of sp³-hybridized carbons (Fsp3) is 0.185. The van der Waals surface area contributed by atoms with Gasteiger partial charge in [-0.05, 0) is 36.8 Å². The van der Waals surface area contributed by atoms with E-state index in [4.69, 9.17) is 14.7 Å². The lowest BCUT2D eigenvalue weighted by atomic mass is 9.90. The molecule has 1 heterocycles. The Morgan fingerprint density at radius 1 is 0.909 bits per heavy atom. The molecule has 0 amide bonds. The highest BCUT2D eigenvalue weighted by atomic mass is 79.9. The number of nitrogens with zero attached hydrogens (tertiary/aromatic N) is 2. The molecule has 6 rings (SSSR count). The van der Waals surface area contributed by atoms with Crippen LogP contribution in [0.2, 0.25) is 0 Å². The van der Waals surface area contributed by atoms with Crippen LogP contribution in [-0.2, 0) is 14.9 Å². The third kappa shape index (κ3) is 2.77. The van der Waals surface area contributed by atoms with Crippen molar-refractivity contribution < 1.29 is 14.3 Å². The summed E-state index contributed by atoms with van der Waals surface area (Å²) >= 11 is 3.42. The number of aromatic nitrogens is 2. The van der Waals surface area contributed by atoms with E-state index < -0.39 is 17.3 Å². The van der Waals surface area contributed by atoms with E-state index in [1.807, 2.05) is 60.7 Å². The topological polar surface area (TPSA) is 69.2 Å². The number of carbonyl (C=O) groups excluding carboxylic acids is 2. The van der Waals surface area contributed by atoms with E-state index in [0.717, 1.165) is 32.3 Å². The molecular weight excluding hydrogens is 480 g/mol. The van der Waals surface area contributed by atoms with Crippen molar-refractivity contribution in [3.8, 4) is 11.3 Å². The lowest BCUT2D eigenvalue weighted by molar-refractivity contribution is -0.145. The number of ether oxygens (including phenoxy) is 1. The third-order valence-corrected chi connectivity index (χ3v) is 7.28. The Hall–Kier alpha value is -3.38. The summed E-state index contributed by atoms with van der Waals surface area (Å²) in [4.78, 5) is 36.9. The highest BCUT2D eigenvalue weighted by Crippen LogP contribution is 2.70. The first kappa shape index (κ1) is 20.2. The largest absolute Gasteiger partial charge is 0.466 e. The van der Waals surface area contributed by atoms with E-state index >= 15 is 0 Å². The van der Waals surface area contributed by atoms with Crippen molar-refractivity contribution in [3.63, 3.8) is 0 Å². The molecule has 1 spiro atoms. The molecule has 1 fully saturated rings. The second kappa shape index (κ2) is 7.32. The summed E-state index contributed by atoms with van der Waals surface area (Å²) in [6.45, 7) is 2.03. The first-order valence-electron chi connectivity index (χ1n) is 10.9. The maximum absolute atomic E-state index is 13.8. The van der Waals surface area contributed by atoms with Crippen LogP contribution in [0.5, 0.6) is 0 Å². The van der Waals surface area contributed by atoms with E-state index in [1.165, 1.54) is 0 Å². The molecular formula is C27H19BrN2O3. The number of hydrogen-bond donors (Lipinski definition) is 0. The first-order chi connectivity index (χ1) is 16.1. The Kier molecular flexibility index (Phi) is 4.49. The van der Waals surface area contributed by atoms with Gasteiger partial charge in [-0.15, -0.1) is 0 Å². The van der Waals surface area contributed by atoms with Crippen molar-refractivity contribution in [3.05, 3.63) is 94.1 Å². The number of benzene rings is 3. The smallest absolute Gasteiger partial charge is 0.311 e. The third-order valence-electron chi connectivity index (χ3n) is 6.75. The van der Waals surface area contributed by atoms with Crippen molar-refractivity contribution in [2.45, 2.75) is 12.3 Å². The molecule has 5 nitrogen and oxygen atoms in total. The quantitative estimate of drug-likeness (QED) is 0.280. The van der Waals surface area contributed by atoms with Gasteiger partial charge in [0.15, 0.2) is 5.78 Å². The van der Waals surface area contributed by atoms with E-state index in [0.29, 0.717) is 11.3 Å². The van der Waals surface area contributed by atoms with Crippen LogP contribution >= 0.6 is 15.9 Å². The van der Waals surface area contributed by atoms with Gasteiger partial charge in [0.25, 0.3) is 0 Å². The van der Waals surface area contributed by atoms with Gasteiger partial charge in [-0.2, -0.15) is 0 Å². The summed E-state index contributed by atoms with van der Waals surface area (Å²) in [5.41, 5.74) is 4.49. The summed E-state index contributed by atoms with van der Waals surface area (Å²) in [5, 5.41) is 0. The number of para-hydroxylation sites is 2. The summed E-state index contributed by atoms with van der Waals surface area (Å²) in [7, 11) is 0. The Balaban J connectivity index is 1.60. The summed E-state index contributed by atoms with van der Waals surface area (Å²) in [5.74, 6) is -1.70. The SMILES string of the molecule is CCOC(=O)[C@@H]1[C@@H](C(=O)c2ccc(Br)cc2)[C@@]12c1ccccc1-c1nc3ccccc3nc12. The number of rotatable bonds is 4. The molecule has 0 bridgehead atoms. The second-order valence-electron chi connectivity index (χ2n) is 8.40. The maximum Gasteiger partial charge on any atom is 0.311 e. The van der Waals surface area contributed by atoms with Crippen LogP contribution in [-0.4, -0.2) is 28.3 Å². The Labute approximate surface area is 199 Å². The predicted octanol–water partition coefficient (Wildman–Crippen LogP) is 5.35. The van der Waals surface area contributed by atoms with Crippen LogP contribution in [0.3, 0.4) is 0 Å². The highest BCUT2D eigenvalue weighted by molar-refractivity contribution is 9.10. The van der Waals surface area contributed by atoms with Crippen LogP contribution in [0.15, 0.2) is 77.3 Å².